The summed E-state index contributed by atoms with van der Waals surface area (Å²) in [5, 5.41) is 8.87. The second-order valence-electron chi connectivity index (χ2n) is 4.80. The van der Waals surface area contributed by atoms with Crippen LogP contribution in [0.1, 0.15) is 12.5 Å². The molecule has 0 bridgehead atoms. The van der Waals surface area contributed by atoms with Gasteiger partial charge >= 0.3 is 0 Å². The molecule has 100 valence electrons. The van der Waals surface area contributed by atoms with E-state index >= 15 is 0 Å². The highest BCUT2D eigenvalue weighted by Gasteiger charge is 2.14. The molecule has 1 aromatic heterocycles. The number of guanidine groups is 1. The lowest BCUT2D eigenvalue weighted by molar-refractivity contribution is 0.466. The van der Waals surface area contributed by atoms with E-state index in [0.29, 0.717) is 0 Å². The monoisotopic (exact) mass is 257 g/mol. The van der Waals surface area contributed by atoms with Crippen LogP contribution in [-0.4, -0.2) is 40.3 Å². The summed E-state index contributed by atoms with van der Waals surface area (Å²) in [5.41, 5.74) is 2.42. The van der Waals surface area contributed by atoms with Gasteiger partial charge in [-0.3, -0.25) is 9.67 Å². The Kier molecular flexibility index (Phi) is 3.11. The number of likely N-dealkylation sites (N-methyl/N-ethyl adjacent to an activating group) is 1. The second-order valence-corrected chi connectivity index (χ2v) is 4.80. The van der Waals surface area contributed by atoms with Gasteiger partial charge in [-0.25, -0.2) is 0 Å². The number of nitrogens with one attached hydrogen (secondary N) is 1. The van der Waals surface area contributed by atoms with Gasteiger partial charge in [0, 0.05) is 32.1 Å². The minimum absolute atomic E-state index is 0.802. The largest absolute Gasteiger partial charge is 0.352 e. The lowest BCUT2D eigenvalue weighted by Gasteiger charge is -2.18. The molecule has 0 spiro atoms. The van der Waals surface area contributed by atoms with Crippen LogP contribution < -0.4 is 5.32 Å². The quantitative estimate of drug-likeness (QED) is 0.903. The van der Waals surface area contributed by atoms with Gasteiger partial charge in [0.05, 0.1) is 18.3 Å². The number of hydrogen-bond donors (Lipinski definition) is 1. The number of nitrogens with zero attached hydrogens (tertiary/aromatic N) is 4. The zero-order chi connectivity index (χ0) is 13.2. The number of rotatable bonds is 3. The Morgan fingerprint density at radius 3 is 3.11 bits per heavy atom. The van der Waals surface area contributed by atoms with Gasteiger partial charge < -0.3 is 10.2 Å². The van der Waals surface area contributed by atoms with Crippen LogP contribution in [0.25, 0.3) is 10.9 Å². The molecule has 19 heavy (non-hydrogen) atoms. The Balaban J connectivity index is 1.73. The molecule has 0 fully saturated rings. The van der Waals surface area contributed by atoms with Crippen LogP contribution >= 0.6 is 0 Å². The van der Waals surface area contributed by atoms with Gasteiger partial charge in [-0.2, -0.15) is 5.10 Å². The number of fused-ring (bicyclic) bond motifs is 1. The van der Waals surface area contributed by atoms with Crippen molar-refractivity contribution in [1.29, 1.82) is 0 Å². The number of aromatic nitrogens is 2. The maximum Gasteiger partial charge on any atom is 0.194 e. The van der Waals surface area contributed by atoms with Crippen molar-refractivity contribution in [3.05, 3.63) is 30.0 Å². The SMILES string of the molecule is CCN1CCN=C1NCc1ccc2cnn(C)c2c1. The number of aryl methyl sites for hydroxylation is 1. The third-order valence-electron chi connectivity index (χ3n) is 3.58. The van der Waals surface area contributed by atoms with Crippen molar-refractivity contribution in [2.45, 2.75) is 13.5 Å². The van der Waals surface area contributed by atoms with Crippen molar-refractivity contribution in [2.24, 2.45) is 12.0 Å². The lowest BCUT2D eigenvalue weighted by atomic mass is 10.1. The van der Waals surface area contributed by atoms with Crippen LogP contribution in [0, 0.1) is 0 Å². The van der Waals surface area contributed by atoms with Crippen molar-refractivity contribution in [3.63, 3.8) is 0 Å². The molecule has 0 saturated carbocycles. The number of benzene rings is 1. The molecule has 0 radical (unpaired) electrons. The Bertz CT molecular complexity index is 613. The molecule has 2 heterocycles. The summed E-state index contributed by atoms with van der Waals surface area (Å²) in [7, 11) is 1.97. The molecule has 0 saturated heterocycles. The highest BCUT2D eigenvalue weighted by Crippen LogP contribution is 2.14. The van der Waals surface area contributed by atoms with E-state index in [1.807, 2.05) is 17.9 Å². The molecule has 0 atom stereocenters. The Morgan fingerprint density at radius 1 is 1.37 bits per heavy atom. The normalized spacial score (nSPS) is 15.1. The molecule has 1 aromatic carbocycles. The Morgan fingerprint density at radius 2 is 2.26 bits per heavy atom. The van der Waals surface area contributed by atoms with Crippen molar-refractivity contribution in [1.82, 2.24) is 20.0 Å². The number of hydrogen-bond acceptors (Lipinski definition) is 4. The van der Waals surface area contributed by atoms with E-state index in [2.05, 4.69) is 45.4 Å². The first-order valence-electron chi connectivity index (χ1n) is 6.72. The molecule has 0 amide bonds. The third-order valence-corrected chi connectivity index (χ3v) is 3.58. The zero-order valence-electron chi connectivity index (χ0n) is 11.4. The fourth-order valence-corrected chi connectivity index (χ4v) is 2.44. The fraction of sp³-hybridized carbons (Fsp3) is 0.429. The molecule has 2 aromatic rings. The summed E-state index contributed by atoms with van der Waals surface area (Å²) < 4.78 is 1.91. The summed E-state index contributed by atoms with van der Waals surface area (Å²) in [6.07, 6.45) is 1.90. The van der Waals surface area contributed by atoms with E-state index in [4.69, 9.17) is 0 Å². The lowest BCUT2D eigenvalue weighted by Crippen LogP contribution is -2.37. The van der Waals surface area contributed by atoms with Crippen molar-refractivity contribution in [2.75, 3.05) is 19.6 Å². The molecule has 3 rings (SSSR count). The molecule has 0 unspecified atom stereocenters. The van der Waals surface area contributed by atoms with E-state index < -0.39 is 0 Å². The van der Waals surface area contributed by atoms with Crippen LogP contribution in [-0.2, 0) is 13.6 Å². The standard InChI is InChI=1S/C14H19N5/c1-3-19-7-6-15-14(19)16-9-11-4-5-12-10-17-18(2)13(12)8-11/h4-5,8,10H,3,6-7,9H2,1-2H3,(H,15,16). The summed E-state index contributed by atoms with van der Waals surface area (Å²) >= 11 is 0. The minimum Gasteiger partial charge on any atom is -0.352 e. The minimum atomic E-state index is 0.802. The van der Waals surface area contributed by atoms with E-state index in [1.165, 1.54) is 16.5 Å². The predicted octanol–water partition coefficient (Wildman–Crippen LogP) is 1.35. The van der Waals surface area contributed by atoms with Gasteiger partial charge in [0.1, 0.15) is 0 Å². The topological polar surface area (TPSA) is 45.4 Å². The highest BCUT2D eigenvalue weighted by atomic mass is 15.3. The van der Waals surface area contributed by atoms with Crippen LogP contribution in [0.2, 0.25) is 0 Å². The summed E-state index contributed by atoms with van der Waals surface area (Å²) in [6.45, 7) is 5.89. The van der Waals surface area contributed by atoms with E-state index in [1.54, 1.807) is 0 Å². The van der Waals surface area contributed by atoms with Crippen LogP contribution in [0.4, 0.5) is 0 Å². The van der Waals surface area contributed by atoms with E-state index in [9.17, 15) is 0 Å². The molecule has 1 aliphatic heterocycles. The third kappa shape index (κ3) is 2.28. The summed E-state index contributed by atoms with van der Waals surface area (Å²) in [4.78, 5) is 6.75. The van der Waals surface area contributed by atoms with Crippen molar-refractivity contribution in [3.8, 4) is 0 Å². The van der Waals surface area contributed by atoms with Gasteiger partial charge in [0.15, 0.2) is 5.96 Å². The maximum absolute atomic E-state index is 4.49. The van der Waals surface area contributed by atoms with Gasteiger partial charge in [-0.15, -0.1) is 0 Å². The summed E-state index contributed by atoms with van der Waals surface area (Å²) in [5.74, 6) is 1.02. The average molecular weight is 257 g/mol. The average Bonchev–Trinajstić information content (AvgIpc) is 3.03. The molecular weight excluding hydrogens is 238 g/mol. The fourth-order valence-electron chi connectivity index (χ4n) is 2.44. The van der Waals surface area contributed by atoms with E-state index in [0.717, 1.165) is 32.1 Å². The number of aliphatic imine (C=N–C) groups is 1. The van der Waals surface area contributed by atoms with Crippen molar-refractivity contribution >= 4 is 16.9 Å². The summed E-state index contributed by atoms with van der Waals surface area (Å²) in [6, 6.07) is 6.44. The first-order valence-corrected chi connectivity index (χ1v) is 6.72. The van der Waals surface area contributed by atoms with Gasteiger partial charge in [-0.05, 0) is 18.6 Å². The molecular formula is C14H19N5. The van der Waals surface area contributed by atoms with Gasteiger partial charge in [0.2, 0.25) is 0 Å². The Hall–Kier alpha value is -2.04. The second kappa shape index (κ2) is 4.91. The molecule has 5 heteroatoms. The molecule has 0 aliphatic carbocycles. The Labute approximate surface area is 112 Å². The molecule has 5 nitrogen and oxygen atoms in total. The van der Waals surface area contributed by atoms with Crippen LogP contribution in [0.15, 0.2) is 29.4 Å². The molecule has 1 aliphatic rings. The first kappa shape index (κ1) is 12.0. The maximum atomic E-state index is 4.49. The van der Waals surface area contributed by atoms with Gasteiger partial charge in [-0.1, -0.05) is 12.1 Å². The van der Waals surface area contributed by atoms with Crippen LogP contribution in [0.5, 0.6) is 0 Å². The van der Waals surface area contributed by atoms with E-state index in [-0.39, 0.29) is 0 Å². The van der Waals surface area contributed by atoms with Crippen LogP contribution in [0.3, 0.4) is 0 Å². The zero-order valence-corrected chi connectivity index (χ0v) is 11.4. The van der Waals surface area contributed by atoms with Crippen molar-refractivity contribution < 1.29 is 0 Å². The first-order chi connectivity index (χ1) is 9.28. The van der Waals surface area contributed by atoms with Gasteiger partial charge in [0.25, 0.3) is 0 Å². The predicted molar refractivity (Wildman–Crippen MR) is 77.1 cm³/mol. The molecule has 1 N–H and O–H groups in total. The smallest absolute Gasteiger partial charge is 0.194 e. The highest BCUT2D eigenvalue weighted by molar-refractivity contribution is 5.82.